The smallest absolute Gasteiger partial charge is 0.229 e. The van der Waals surface area contributed by atoms with Crippen molar-refractivity contribution in [2.24, 2.45) is 0 Å². The Kier molecular flexibility index (Phi) is 6.08. The predicted molar refractivity (Wildman–Crippen MR) is 140 cm³/mol. The number of aryl methyl sites for hydroxylation is 1. The van der Waals surface area contributed by atoms with Gasteiger partial charge in [0.05, 0.1) is 36.5 Å². The molecule has 1 aromatic carbocycles. The van der Waals surface area contributed by atoms with Crippen LogP contribution in [-0.4, -0.2) is 29.3 Å². The molecule has 2 N–H and O–H groups in total. The van der Waals surface area contributed by atoms with Gasteiger partial charge < -0.3 is 19.2 Å². The minimum Gasteiger partial charge on any atom is -0.467 e. The van der Waals surface area contributed by atoms with E-state index in [1.807, 2.05) is 61.7 Å². The molecule has 0 unspecified atom stereocenters. The highest BCUT2D eigenvalue weighted by atomic mass is 32.2. The van der Waals surface area contributed by atoms with Crippen molar-refractivity contribution in [2.75, 3.05) is 15.9 Å². The van der Waals surface area contributed by atoms with Crippen LogP contribution in [0.4, 0.5) is 11.4 Å². The molecule has 2 atom stereocenters. The third kappa shape index (κ3) is 4.80. The van der Waals surface area contributed by atoms with Crippen molar-refractivity contribution < 1.29 is 12.8 Å². The average molecular weight is 508 g/mol. The van der Waals surface area contributed by atoms with Crippen LogP contribution in [0.15, 0.2) is 83.7 Å². The highest BCUT2D eigenvalue weighted by molar-refractivity contribution is 7.92. The molecule has 10 heteroatoms. The quantitative estimate of drug-likeness (QED) is 0.359. The molecule has 4 heterocycles. The Morgan fingerprint density at radius 1 is 1.14 bits per heavy atom. The number of rotatable bonds is 7. The maximum atomic E-state index is 11.8. The number of thiocarbonyl (C=S) groups is 1. The Hall–Kier alpha value is -3.63. The summed E-state index contributed by atoms with van der Waals surface area (Å²) in [4.78, 5) is 6.68. The van der Waals surface area contributed by atoms with Gasteiger partial charge in [-0.2, -0.15) is 0 Å². The Balaban J connectivity index is 1.58. The van der Waals surface area contributed by atoms with Gasteiger partial charge in [-0.15, -0.1) is 0 Å². The molecule has 3 aromatic heterocycles. The van der Waals surface area contributed by atoms with Crippen molar-refractivity contribution in [1.29, 1.82) is 0 Å². The fraction of sp³-hybridized carbons (Fsp3) is 0.200. The molecule has 1 aliphatic rings. The molecule has 0 radical (unpaired) electrons. The lowest BCUT2D eigenvalue weighted by molar-refractivity contribution is 0.475. The molecule has 4 aromatic rings. The van der Waals surface area contributed by atoms with Gasteiger partial charge in [-0.1, -0.05) is 6.07 Å². The number of pyridine rings is 1. The van der Waals surface area contributed by atoms with Gasteiger partial charge in [0, 0.05) is 23.8 Å². The lowest BCUT2D eigenvalue weighted by Gasteiger charge is -2.29. The minimum absolute atomic E-state index is 0.192. The number of benzene rings is 1. The molecule has 0 spiro atoms. The Labute approximate surface area is 209 Å². The summed E-state index contributed by atoms with van der Waals surface area (Å²) in [6.07, 6.45) is 6.61. The van der Waals surface area contributed by atoms with Crippen molar-refractivity contribution >= 4 is 38.7 Å². The Bertz CT molecular complexity index is 1450. The van der Waals surface area contributed by atoms with Gasteiger partial charge in [-0.25, -0.2) is 8.42 Å². The van der Waals surface area contributed by atoms with Crippen LogP contribution in [0.5, 0.6) is 0 Å². The lowest BCUT2D eigenvalue weighted by atomic mass is 10.0. The van der Waals surface area contributed by atoms with Crippen molar-refractivity contribution in [3.8, 4) is 0 Å². The molecule has 1 fully saturated rings. The van der Waals surface area contributed by atoms with Crippen molar-refractivity contribution in [3.63, 3.8) is 0 Å². The Morgan fingerprint density at radius 2 is 2.00 bits per heavy atom. The Morgan fingerprint density at radius 3 is 2.69 bits per heavy atom. The highest BCUT2D eigenvalue weighted by Crippen LogP contribution is 2.42. The fourth-order valence-electron chi connectivity index (χ4n) is 4.46. The van der Waals surface area contributed by atoms with Crippen LogP contribution in [-0.2, 0) is 16.6 Å². The van der Waals surface area contributed by atoms with Crippen LogP contribution in [0.1, 0.15) is 34.8 Å². The van der Waals surface area contributed by atoms with Gasteiger partial charge in [0.1, 0.15) is 11.8 Å². The van der Waals surface area contributed by atoms with Crippen LogP contribution in [0.25, 0.3) is 0 Å². The lowest BCUT2D eigenvalue weighted by Crippen LogP contribution is -2.30. The zero-order chi connectivity index (χ0) is 24.6. The van der Waals surface area contributed by atoms with Gasteiger partial charge in [0.2, 0.25) is 10.0 Å². The number of nitrogens with one attached hydrogen (secondary N) is 2. The summed E-state index contributed by atoms with van der Waals surface area (Å²) in [5.74, 6) is 0.851. The third-order valence-corrected chi connectivity index (χ3v) is 6.86. The van der Waals surface area contributed by atoms with E-state index in [0.717, 1.165) is 34.7 Å². The first-order valence-corrected chi connectivity index (χ1v) is 13.4. The summed E-state index contributed by atoms with van der Waals surface area (Å²) in [6.45, 7) is 2.45. The maximum absolute atomic E-state index is 11.8. The molecule has 8 nitrogen and oxygen atoms in total. The molecular weight excluding hydrogens is 482 g/mol. The molecular formula is C25H25N5O3S2. The summed E-state index contributed by atoms with van der Waals surface area (Å²) in [7, 11) is -3.39. The van der Waals surface area contributed by atoms with Crippen LogP contribution in [0.2, 0.25) is 0 Å². The molecule has 0 amide bonds. The number of hydrogen-bond donors (Lipinski definition) is 2. The second-order valence-electron chi connectivity index (χ2n) is 8.51. The topological polar surface area (TPSA) is 92.4 Å². The molecule has 0 saturated carbocycles. The molecule has 0 bridgehead atoms. The van der Waals surface area contributed by atoms with Crippen molar-refractivity contribution in [1.82, 2.24) is 14.9 Å². The van der Waals surface area contributed by atoms with Gasteiger partial charge in [-0.3, -0.25) is 9.71 Å². The number of anilines is 2. The average Bonchev–Trinajstić information content (AvgIpc) is 3.56. The van der Waals surface area contributed by atoms with E-state index in [9.17, 15) is 8.42 Å². The molecule has 5 rings (SSSR count). The van der Waals surface area contributed by atoms with E-state index in [1.165, 1.54) is 0 Å². The first kappa shape index (κ1) is 23.1. The predicted octanol–water partition coefficient (Wildman–Crippen LogP) is 4.38. The zero-order valence-electron chi connectivity index (χ0n) is 19.3. The molecule has 180 valence electrons. The van der Waals surface area contributed by atoms with Crippen LogP contribution < -0.4 is 14.9 Å². The second kappa shape index (κ2) is 9.20. The summed E-state index contributed by atoms with van der Waals surface area (Å²) >= 11 is 5.82. The van der Waals surface area contributed by atoms with Crippen molar-refractivity contribution in [3.05, 3.63) is 102 Å². The van der Waals surface area contributed by atoms with Crippen LogP contribution >= 0.6 is 12.2 Å². The SMILES string of the molecule is Cc1cc(N2C(=S)N[C@@H](c3ccccn3)[C@H]2c2cccn2Cc2ccco2)ccc1NS(C)(=O)=O. The van der Waals surface area contributed by atoms with Crippen molar-refractivity contribution in [2.45, 2.75) is 25.6 Å². The number of nitrogens with zero attached hydrogens (tertiary/aromatic N) is 3. The molecule has 0 aliphatic carbocycles. The maximum Gasteiger partial charge on any atom is 0.229 e. The van der Waals surface area contributed by atoms with E-state index in [4.69, 9.17) is 16.6 Å². The number of furan rings is 1. The van der Waals surface area contributed by atoms with E-state index in [-0.39, 0.29) is 12.1 Å². The van der Waals surface area contributed by atoms with Gasteiger partial charge in [0.25, 0.3) is 0 Å². The first-order chi connectivity index (χ1) is 16.8. The molecule has 35 heavy (non-hydrogen) atoms. The summed E-state index contributed by atoms with van der Waals surface area (Å²) in [6, 6.07) is 19.0. The summed E-state index contributed by atoms with van der Waals surface area (Å²) in [5, 5.41) is 4.03. The highest BCUT2D eigenvalue weighted by Gasteiger charge is 2.42. The van der Waals surface area contributed by atoms with E-state index in [1.54, 1.807) is 18.5 Å². The van der Waals surface area contributed by atoms with E-state index >= 15 is 0 Å². The second-order valence-corrected chi connectivity index (χ2v) is 10.6. The van der Waals surface area contributed by atoms with Gasteiger partial charge in [0.15, 0.2) is 5.11 Å². The van der Waals surface area contributed by atoms with Gasteiger partial charge in [-0.05, 0) is 79.3 Å². The first-order valence-electron chi connectivity index (χ1n) is 11.1. The van der Waals surface area contributed by atoms with E-state index < -0.39 is 10.0 Å². The fourth-order valence-corrected chi connectivity index (χ4v) is 5.43. The van der Waals surface area contributed by atoms with Crippen LogP contribution in [0, 0.1) is 6.92 Å². The van der Waals surface area contributed by atoms with Crippen LogP contribution in [0.3, 0.4) is 0 Å². The molecule has 1 saturated heterocycles. The largest absolute Gasteiger partial charge is 0.467 e. The van der Waals surface area contributed by atoms with Gasteiger partial charge >= 0.3 is 0 Å². The molecule has 1 aliphatic heterocycles. The number of hydrogen-bond acceptors (Lipinski definition) is 5. The normalized spacial score (nSPS) is 18.0. The minimum atomic E-state index is -3.39. The third-order valence-electron chi connectivity index (χ3n) is 5.96. The zero-order valence-corrected chi connectivity index (χ0v) is 20.9. The summed E-state index contributed by atoms with van der Waals surface area (Å²) < 4.78 is 33.8. The standard InChI is InChI=1S/C25H25N5O3S2/c1-17-15-18(10-11-20(17)28-35(2,31)32)30-24(23(27-25(30)34)21-8-3-4-12-26-21)22-9-5-13-29(22)16-19-7-6-14-33-19/h3-15,23-24,28H,16H2,1-2H3,(H,27,34)/t23-,24+/m0/s1. The monoisotopic (exact) mass is 507 g/mol. The number of sulfonamides is 1. The van der Waals surface area contributed by atoms with E-state index in [0.29, 0.717) is 17.3 Å². The summed E-state index contributed by atoms with van der Waals surface area (Å²) in [5.41, 5.74) is 4.10. The van der Waals surface area contributed by atoms with E-state index in [2.05, 4.69) is 30.6 Å². The number of aromatic nitrogens is 2.